The van der Waals surface area contributed by atoms with E-state index in [1.54, 1.807) is 0 Å². The Labute approximate surface area is 127 Å². The van der Waals surface area contributed by atoms with Gasteiger partial charge in [-0.25, -0.2) is 0 Å². The first-order chi connectivity index (χ1) is 10.4. The maximum absolute atomic E-state index is 3.48. The molecule has 0 aromatic heterocycles. The van der Waals surface area contributed by atoms with Crippen molar-refractivity contribution in [3.63, 3.8) is 0 Å². The first kappa shape index (κ1) is 14.1. The molecule has 1 nitrogen and oxygen atoms in total. The summed E-state index contributed by atoms with van der Waals surface area (Å²) < 4.78 is 0. The van der Waals surface area contributed by atoms with E-state index in [0.717, 1.165) is 5.92 Å². The van der Waals surface area contributed by atoms with Crippen LogP contribution >= 0.6 is 0 Å². The van der Waals surface area contributed by atoms with Gasteiger partial charge in [0.15, 0.2) is 0 Å². The summed E-state index contributed by atoms with van der Waals surface area (Å²) in [7, 11) is 0. The standard InChI is InChI=1S/C20H23N/c1-2-9-19(10-3-1)20-13-11-17(12-14-20)6-4-7-18-8-5-15-21-16-18/h1-4,6,9-14,18,21H,5,7-8,15-16H2. The summed E-state index contributed by atoms with van der Waals surface area (Å²) in [6, 6.07) is 19.4. The first-order valence-corrected chi connectivity index (χ1v) is 7.94. The molecule has 1 heterocycles. The van der Waals surface area contributed by atoms with Crippen LogP contribution in [0.25, 0.3) is 17.2 Å². The van der Waals surface area contributed by atoms with Crippen molar-refractivity contribution in [1.29, 1.82) is 0 Å². The number of rotatable bonds is 4. The Morgan fingerprint density at radius 3 is 2.43 bits per heavy atom. The average molecular weight is 277 g/mol. The van der Waals surface area contributed by atoms with Crippen LogP contribution in [-0.4, -0.2) is 13.1 Å². The van der Waals surface area contributed by atoms with Crippen molar-refractivity contribution in [3.8, 4) is 11.1 Å². The number of piperidine rings is 1. The Hall–Kier alpha value is -1.86. The van der Waals surface area contributed by atoms with E-state index in [1.165, 1.54) is 49.0 Å². The second-order valence-electron chi connectivity index (χ2n) is 5.84. The van der Waals surface area contributed by atoms with Crippen LogP contribution < -0.4 is 5.32 Å². The molecule has 21 heavy (non-hydrogen) atoms. The molecule has 0 aliphatic carbocycles. The summed E-state index contributed by atoms with van der Waals surface area (Å²) in [5.41, 5.74) is 3.85. The van der Waals surface area contributed by atoms with Gasteiger partial charge in [0.1, 0.15) is 0 Å². The van der Waals surface area contributed by atoms with E-state index in [4.69, 9.17) is 0 Å². The van der Waals surface area contributed by atoms with E-state index in [2.05, 4.69) is 72.1 Å². The third kappa shape index (κ3) is 4.05. The number of nitrogens with one attached hydrogen (secondary N) is 1. The van der Waals surface area contributed by atoms with Crippen LogP contribution in [0.5, 0.6) is 0 Å². The van der Waals surface area contributed by atoms with Gasteiger partial charge in [0.25, 0.3) is 0 Å². The third-order valence-corrected chi connectivity index (χ3v) is 4.20. The number of benzene rings is 2. The lowest BCUT2D eigenvalue weighted by molar-refractivity contribution is 0.381. The zero-order valence-corrected chi connectivity index (χ0v) is 12.5. The van der Waals surface area contributed by atoms with E-state index in [-0.39, 0.29) is 0 Å². The maximum atomic E-state index is 3.48. The van der Waals surface area contributed by atoms with E-state index in [0.29, 0.717) is 0 Å². The summed E-state index contributed by atoms with van der Waals surface area (Å²) in [5, 5.41) is 3.48. The number of hydrogen-bond acceptors (Lipinski definition) is 1. The predicted octanol–water partition coefficient (Wildman–Crippen LogP) is 4.76. The minimum atomic E-state index is 0.818. The molecular weight excluding hydrogens is 254 g/mol. The van der Waals surface area contributed by atoms with Gasteiger partial charge in [0, 0.05) is 0 Å². The lowest BCUT2D eigenvalue weighted by Crippen LogP contribution is -2.29. The molecule has 2 aromatic rings. The van der Waals surface area contributed by atoms with Gasteiger partial charge in [-0.1, -0.05) is 66.7 Å². The van der Waals surface area contributed by atoms with Gasteiger partial charge in [0.05, 0.1) is 0 Å². The van der Waals surface area contributed by atoms with Gasteiger partial charge in [0.2, 0.25) is 0 Å². The smallest absolute Gasteiger partial charge is 0.00175 e. The van der Waals surface area contributed by atoms with Gasteiger partial charge >= 0.3 is 0 Å². The van der Waals surface area contributed by atoms with Gasteiger partial charge in [-0.05, 0) is 55.0 Å². The highest BCUT2D eigenvalue weighted by molar-refractivity contribution is 5.65. The normalized spacial score (nSPS) is 19.0. The molecule has 0 spiro atoms. The van der Waals surface area contributed by atoms with E-state index >= 15 is 0 Å². The SMILES string of the molecule is C(=Cc1ccc(-c2ccccc2)cc1)CC1CCCNC1. The highest BCUT2D eigenvalue weighted by Crippen LogP contribution is 2.20. The molecule has 1 aliphatic heterocycles. The highest BCUT2D eigenvalue weighted by Gasteiger charge is 2.10. The van der Waals surface area contributed by atoms with Crippen LogP contribution in [0.15, 0.2) is 60.7 Å². The topological polar surface area (TPSA) is 12.0 Å². The third-order valence-electron chi connectivity index (χ3n) is 4.20. The minimum absolute atomic E-state index is 0.818. The monoisotopic (exact) mass is 277 g/mol. The summed E-state index contributed by atoms with van der Waals surface area (Å²) in [5.74, 6) is 0.818. The van der Waals surface area contributed by atoms with Crippen LogP contribution in [0.3, 0.4) is 0 Å². The van der Waals surface area contributed by atoms with Gasteiger partial charge < -0.3 is 5.32 Å². The van der Waals surface area contributed by atoms with E-state index < -0.39 is 0 Å². The summed E-state index contributed by atoms with van der Waals surface area (Å²) in [6.07, 6.45) is 8.46. The molecule has 0 amide bonds. The minimum Gasteiger partial charge on any atom is -0.316 e. The zero-order chi connectivity index (χ0) is 14.3. The van der Waals surface area contributed by atoms with Crippen LogP contribution in [0, 0.1) is 5.92 Å². The summed E-state index contributed by atoms with van der Waals surface area (Å²) in [6.45, 7) is 2.37. The zero-order valence-electron chi connectivity index (χ0n) is 12.5. The fourth-order valence-corrected chi connectivity index (χ4v) is 2.94. The number of hydrogen-bond donors (Lipinski definition) is 1. The first-order valence-electron chi connectivity index (χ1n) is 7.94. The fraction of sp³-hybridized carbons (Fsp3) is 0.300. The molecule has 3 rings (SSSR count). The molecule has 1 unspecified atom stereocenters. The van der Waals surface area contributed by atoms with Crippen molar-refractivity contribution >= 4 is 6.08 Å². The van der Waals surface area contributed by atoms with Crippen molar-refractivity contribution in [2.45, 2.75) is 19.3 Å². The average Bonchev–Trinajstić information content (AvgIpc) is 2.57. The maximum Gasteiger partial charge on any atom is -0.00175 e. The Morgan fingerprint density at radius 1 is 0.952 bits per heavy atom. The molecule has 0 bridgehead atoms. The highest BCUT2D eigenvalue weighted by atomic mass is 14.9. The molecule has 1 fully saturated rings. The molecule has 1 aliphatic rings. The van der Waals surface area contributed by atoms with E-state index in [1.807, 2.05) is 0 Å². The van der Waals surface area contributed by atoms with E-state index in [9.17, 15) is 0 Å². The predicted molar refractivity (Wildman–Crippen MR) is 91.1 cm³/mol. The molecule has 1 saturated heterocycles. The van der Waals surface area contributed by atoms with Crippen molar-refractivity contribution in [1.82, 2.24) is 5.32 Å². The van der Waals surface area contributed by atoms with Crippen LogP contribution in [-0.2, 0) is 0 Å². The van der Waals surface area contributed by atoms with Crippen molar-refractivity contribution in [3.05, 3.63) is 66.2 Å². The van der Waals surface area contributed by atoms with Crippen molar-refractivity contribution in [2.24, 2.45) is 5.92 Å². The largest absolute Gasteiger partial charge is 0.316 e. The Kier molecular flexibility index (Phi) is 4.86. The fourth-order valence-electron chi connectivity index (χ4n) is 2.94. The Bertz CT molecular complexity index is 563. The molecule has 2 aromatic carbocycles. The molecule has 1 heteroatoms. The van der Waals surface area contributed by atoms with Gasteiger partial charge in [-0.2, -0.15) is 0 Å². The Morgan fingerprint density at radius 2 is 1.71 bits per heavy atom. The van der Waals surface area contributed by atoms with Crippen LogP contribution in [0.2, 0.25) is 0 Å². The Balaban J connectivity index is 1.59. The number of allylic oxidation sites excluding steroid dienone is 1. The lowest BCUT2D eigenvalue weighted by Gasteiger charge is -2.21. The second kappa shape index (κ2) is 7.24. The molecule has 0 radical (unpaired) electrons. The summed E-state index contributed by atoms with van der Waals surface area (Å²) in [4.78, 5) is 0. The molecule has 1 atom stereocenters. The lowest BCUT2D eigenvalue weighted by atomic mass is 9.95. The molecule has 1 N–H and O–H groups in total. The molecular formula is C20H23N. The van der Waals surface area contributed by atoms with Crippen molar-refractivity contribution in [2.75, 3.05) is 13.1 Å². The summed E-state index contributed by atoms with van der Waals surface area (Å²) >= 11 is 0. The molecule has 108 valence electrons. The van der Waals surface area contributed by atoms with Gasteiger partial charge in [-0.15, -0.1) is 0 Å². The van der Waals surface area contributed by atoms with Crippen LogP contribution in [0.1, 0.15) is 24.8 Å². The van der Waals surface area contributed by atoms with Crippen LogP contribution in [0.4, 0.5) is 0 Å². The second-order valence-corrected chi connectivity index (χ2v) is 5.84. The quantitative estimate of drug-likeness (QED) is 0.850. The molecule has 0 saturated carbocycles. The van der Waals surface area contributed by atoms with Gasteiger partial charge in [-0.3, -0.25) is 0 Å². The van der Waals surface area contributed by atoms with Crippen molar-refractivity contribution < 1.29 is 0 Å².